The second-order valence-corrected chi connectivity index (χ2v) is 7.46. The van der Waals surface area contributed by atoms with Gasteiger partial charge in [0.25, 0.3) is 0 Å². The first-order chi connectivity index (χ1) is 12.8. The molecule has 0 bridgehead atoms. The van der Waals surface area contributed by atoms with E-state index in [9.17, 15) is 9.90 Å². The molecule has 0 amide bonds. The van der Waals surface area contributed by atoms with Crippen LogP contribution in [0.2, 0.25) is 0 Å². The standard InChI is InChI=1S/C23H31NO3/c1-4-23(24,15-25)16-27-21-10-8-20(9-11-21)22(26)7-5-6-19-13-17(2)12-18(3)14-19/h8-14,25H,4-7,15-16,24H2,1-3H3. The first kappa shape index (κ1) is 21.1. The minimum Gasteiger partial charge on any atom is -0.492 e. The second-order valence-electron chi connectivity index (χ2n) is 7.46. The van der Waals surface area contributed by atoms with Gasteiger partial charge in [0.1, 0.15) is 12.4 Å². The van der Waals surface area contributed by atoms with Gasteiger partial charge >= 0.3 is 0 Å². The van der Waals surface area contributed by atoms with Crippen LogP contribution in [0.25, 0.3) is 0 Å². The highest BCUT2D eigenvalue weighted by molar-refractivity contribution is 5.96. The minimum absolute atomic E-state index is 0.124. The Labute approximate surface area is 162 Å². The van der Waals surface area contributed by atoms with Crippen molar-refractivity contribution in [3.05, 3.63) is 64.7 Å². The molecule has 146 valence electrons. The zero-order valence-corrected chi connectivity index (χ0v) is 16.6. The monoisotopic (exact) mass is 369 g/mol. The van der Waals surface area contributed by atoms with Crippen molar-refractivity contribution in [1.29, 1.82) is 0 Å². The smallest absolute Gasteiger partial charge is 0.162 e. The number of Topliss-reactive ketones (excluding diaryl/α,β-unsaturated/α-hetero) is 1. The van der Waals surface area contributed by atoms with E-state index < -0.39 is 5.54 Å². The Bertz CT molecular complexity index is 728. The van der Waals surface area contributed by atoms with Crippen LogP contribution >= 0.6 is 0 Å². The molecule has 1 unspecified atom stereocenters. The van der Waals surface area contributed by atoms with Crippen molar-refractivity contribution >= 4 is 5.78 Å². The number of carbonyl (C=O) groups is 1. The lowest BCUT2D eigenvalue weighted by Gasteiger charge is -2.25. The van der Waals surface area contributed by atoms with Gasteiger partial charge in [0.15, 0.2) is 5.78 Å². The number of aliphatic hydroxyl groups is 1. The highest BCUT2D eigenvalue weighted by Crippen LogP contribution is 2.17. The van der Waals surface area contributed by atoms with Crippen molar-refractivity contribution < 1.29 is 14.6 Å². The average molecular weight is 370 g/mol. The Balaban J connectivity index is 1.84. The summed E-state index contributed by atoms with van der Waals surface area (Å²) >= 11 is 0. The van der Waals surface area contributed by atoms with Crippen LogP contribution in [0, 0.1) is 13.8 Å². The van der Waals surface area contributed by atoms with Gasteiger partial charge in [0.05, 0.1) is 12.1 Å². The van der Waals surface area contributed by atoms with Crippen LogP contribution < -0.4 is 10.5 Å². The quantitative estimate of drug-likeness (QED) is 0.621. The fourth-order valence-corrected chi connectivity index (χ4v) is 3.03. The molecule has 27 heavy (non-hydrogen) atoms. The predicted molar refractivity (Wildman–Crippen MR) is 109 cm³/mol. The number of rotatable bonds is 10. The van der Waals surface area contributed by atoms with E-state index in [0.717, 1.165) is 12.8 Å². The molecule has 0 saturated heterocycles. The normalized spacial score (nSPS) is 13.2. The van der Waals surface area contributed by atoms with Crippen molar-refractivity contribution in [2.45, 2.75) is 52.0 Å². The summed E-state index contributed by atoms with van der Waals surface area (Å²) in [6.45, 7) is 6.23. The van der Waals surface area contributed by atoms with E-state index in [1.54, 1.807) is 24.3 Å². The van der Waals surface area contributed by atoms with Crippen LogP contribution in [-0.4, -0.2) is 29.6 Å². The zero-order chi connectivity index (χ0) is 19.9. The molecule has 2 aromatic carbocycles. The highest BCUT2D eigenvalue weighted by Gasteiger charge is 2.22. The number of ketones is 1. The Morgan fingerprint density at radius 1 is 1.11 bits per heavy atom. The molecule has 0 spiro atoms. The van der Waals surface area contributed by atoms with Gasteiger partial charge in [-0.3, -0.25) is 4.79 Å². The van der Waals surface area contributed by atoms with Gasteiger partial charge in [-0.05, 0) is 62.9 Å². The lowest BCUT2D eigenvalue weighted by atomic mass is 10.00. The molecule has 1 atom stereocenters. The van der Waals surface area contributed by atoms with Gasteiger partial charge < -0.3 is 15.6 Å². The van der Waals surface area contributed by atoms with Gasteiger partial charge in [0.2, 0.25) is 0 Å². The molecule has 0 aromatic heterocycles. The van der Waals surface area contributed by atoms with Gasteiger partial charge in [-0.2, -0.15) is 0 Å². The lowest BCUT2D eigenvalue weighted by molar-refractivity contribution is 0.0980. The molecule has 0 heterocycles. The van der Waals surface area contributed by atoms with Crippen LogP contribution in [-0.2, 0) is 6.42 Å². The van der Waals surface area contributed by atoms with Gasteiger partial charge in [-0.1, -0.05) is 36.2 Å². The molecule has 4 heteroatoms. The Hall–Kier alpha value is -2.17. The van der Waals surface area contributed by atoms with E-state index in [-0.39, 0.29) is 19.0 Å². The Kier molecular flexibility index (Phi) is 7.57. The number of nitrogens with two attached hydrogens (primary N) is 1. The van der Waals surface area contributed by atoms with E-state index in [1.807, 2.05) is 6.92 Å². The van der Waals surface area contributed by atoms with Crippen molar-refractivity contribution in [3.63, 3.8) is 0 Å². The van der Waals surface area contributed by atoms with E-state index in [2.05, 4.69) is 32.0 Å². The van der Waals surface area contributed by atoms with Crippen LogP contribution in [0.1, 0.15) is 53.2 Å². The second kappa shape index (κ2) is 9.67. The van der Waals surface area contributed by atoms with Crippen molar-refractivity contribution in [1.82, 2.24) is 0 Å². The number of carbonyl (C=O) groups excluding carboxylic acids is 1. The Morgan fingerprint density at radius 3 is 2.30 bits per heavy atom. The summed E-state index contributed by atoms with van der Waals surface area (Å²) in [4.78, 5) is 12.4. The van der Waals surface area contributed by atoms with Crippen LogP contribution in [0.3, 0.4) is 0 Å². The molecule has 2 rings (SSSR count). The van der Waals surface area contributed by atoms with Crippen molar-refractivity contribution in [2.75, 3.05) is 13.2 Å². The maximum atomic E-state index is 12.4. The minimum atomic E-state index is -0.733. The summed E-state index contributed by atoms with van der Waals surface area (Å²) in [5.74, 6) is 0.793. The molecule has 0 fully saturated rings. The summed E-state index contributed by atoms with van der Waals surface area (Å²) in [5.41, 5.74) is 9.78. The summed E-state index contributed by atoms with van der Waals surface area (Å²) in [6, 6.07) is 13.7. The molecule has 2 aromatic rings. The zero-order valence-electron chi connectivity index (χ0n) is 16.6. The van der Waals surface area contributed by atoms with Crippen LogP contribution in [0.15, 0.2) is 42.5 Å². The predicted octanol–water partition coefficient (Wildman–Crippen LogP) is 3.99. The highest BCUT2D eigenvalue weighted by atomic mass is 16.5. The molecule has 0 aliphatic heterocycles. The molecular formula is C23H31NO3. The third-order valence-corrected chi connectivity index (χ3v) is 4.87. The summed E-state index contributed by atoms with van der Waals surface area (Å²) in [5, 5.41) is 9.33. The first-order valence-corrected chi connectivity index (χ1v) is 9.58. The molecule has 3 N–H and O–H groups in total. The molecule has 0 aliphatic rings. The topological polar surface area (TPSA) is 72.6 Å². The third-order valence-electron chi connectivity index (χ3n) is 4.87. The van der Waals surface area contributed by atoms with E-state index in [4.69, 9.17) is 10.5 Å². The molecule has 4 nitrogen and oxygen atoms in total. The maximum Gasteiger partial charge on any atom is 0.162 e. The fourth-order valence-electron chi connectivity index (χ4n) is 3.03. The molecule has 0 radical (unpaired) electrons. The largest absolute Gasteiger partial charge is 0.492 e. The van der Waals surface area contributed by atoms with Crippen molar-refractivity contribution in [3.8, 4) is 5.75 Å². The van der Waals surface area contributed by atoms with E-state index in [0.29, 0.717) is 24.2 Å². The van der Waals surface area contributed by atoms with E-state index >= 15 is 0 Å². The van der Waals surface area contributed by atoms with Crippen LogP contribution in [0.4, 0.5) is 0 Å². The fraction of sp³-hybridized carbons (Fsp3) is 0.435. The lowest BCUT2D eigenvalue weighted by Crippen LogP contribution is -2.48. The van der Waals surface area contributed by atoms with Gasteiger partial charge in [-0.25, -0.2) is 0 Å². The number of hydrogen-bond acceptors (Lipinski definition) is 4. The van der Waals surface area contributed by atoms with E-state index in [1.165, 1.54) is 16.7 Å². The maximum absolute atomic E-state index is 12.4. The number of benzene rings is 2. The van der Waals surface area contributed by atoms with Crippen molar-refractivity contribution in [2.24, 2.45) is 5.73 Å². The summed E-state index contributed by atoms with van der Waals surface area (Å²) < 4.78 is 5.65. The average Bonchev–Trinajstić information content (AvgIpc) is 2.65. The number of aryl methyl sites for hydroxylation is 3. The molecule has 0 aliphatic carbocycles. The number of ether oxygens (including phenoxy) is 1. The molecular weight excluding hydrogens is 338 g/mol. The number of aliphatic hydroxyl groups excluding tert-OH is 1. The third kappa shape index (κ3) is 6.49. The summed E-state index contributed by atoms with van der Waals surface area (Å²) in [7, 11) is 0. The number of hydrogen-bond donors (Lipinski definition) is 2. The van der Waals surface area contributed by atoms with Crippen LogP contribution in [0.5, 0.6) is 5.75 Å². The summed E-state index contributed by atoms with van der Waals surface area (Å²) in [6.07, 6.45) is 2.90. The van der Waals surface area contributed by atoms with Gasteiger partial charge in [0, 0.05) is 12.0 Å². The van der Waals surface area contributed by atoms with Gasteiger partial charge in [-0.15, -0.1) is 0 Å². The molecule has 0 saturated carbocycles. The SMILES string of the molecule is CCC(N)(CO)COc1ccc(C(=O)CCCc2cc(C)cc(C)c2)cc1. The first-order valence-electron chi connectivity index (χ1n) is 9.58. The Morgan fingerprint density at radius 2 is 1.74 bits per heavy atom.